The van der Waals surface area contributed by atoms with Crippen LogP contribution in [0.3, 0.4) is 0 Å². The van der Waals surface area contributed by atoms with Crippen molar-refractivity contribution < 1.29 is 4.21 Å². The van der Waals surface area contributed by atoms with Gasteiger partial charge in [-0.15, -0.1) is 0 Å². The highest BCUT2D eigenvalue weighted by atomic mass is 32.2. The van der Waals surface area contributed by atoms with Gasteiger partial charge in [-0.25, -0.2) is 8.51 Å². The van der Waals surface area contributed by atoms with Gasteiger partial charge in [0.15, 0.2) is 0 Å². The number of fused-ring (bicyclic) bond motifs is 1. The molecule has 78 valence electrons. The molecule has 1 atom stereocenters. The normalized spacial score (nSPS) is 20.6. The lowest BCUT2D eigenvalue weighted by Gasteiger charge is -2.23. The molecule has 0 bridgehead atoms. The summed E-state index contributed by atoms with van der Waals surface area (Å²) in [6.07, 6.45) is 0. The molecule has 0 amide bonds. The zero-order valence-corrected chi connectivity index (χ0v) is 9.80. The van der Waals surface area contributed by atoms with Crippen LogP contribution in [0.4, 0.5) is 0 Å². The first-order valence-electron chi connectivity index (χ1n) is 4.94. The molecule has 0 radical (unpaired) electrons. The molecule has 0 spiro atoms. The van der Waals surface area contributed by atoms with Crippen molar-refractivity contribution in [2.45, 2.75) is 26.1 Å². The van der Waals surface area contributed by atoms with E-state index in [1.54, 1.807) is 0 Å². The Morgan fingerprint density at radius 2 is 1.79 bits per heavy atom. The van der Waals surface area contributed by atoms with E-state index in [0.29, 0.717) is 5.75 Å². The summed E-state index contributed by atoms with van der Waals surface area (Å²) in [5.41, 5.74) is 2.54. The van der Waals surface area contributed by atoms with E-state index in [-0.39, 0.29) is 0 Å². The molecule has 0 N–H and O–H groups in total. The molecule has 2 rings (SSSR count). The number of hydrogen-bond donors (Lipinski definition) is 0. The molecule has 0 saturated heterocycles. The third kappa shape index (κ3) is 2.42. The molecule has 1 aliphatic rings. The number of nitrogens with zero attached hydrogens (tertiary/aromatic N) is 1. The number of benzene rings is 1. The van der Waals surface area contributed by atoms with E-state index in [9.17, 15) is 4.21 Å². The van der Waals surface area contributed by atoms with E-state index in [0.717, 1.165) is 6.54 Å². The monoisotopic (exact) mass is 211 g/mol. The molecule has 3 heteroatoms. The van der Waals surface area contributed by atoms with E-state index >= 15 is 0 Å². The zero-order chi connectivity index (χ0) is 10.6. The van der Waals surface area contributed by atoms with Crippen LogP contribution in [0.1, 0.15) is 25.0 Å². The second kappa shape index (κ2) is 5.27. The van der Waals surface area contributed by atoms with Crippen LogP contribution >= 0.6 is 0 Å². The van der Waals surface area contributed by atoms with Gasteiger partial charge in [0.2, 0.25) is 0 Å². The van der Waals surface area contributed by atoms with E-state index in [1.807, 2.05) is 37.3 Å². The predicted octanol–water partition coefficient (Wildman–Crippen LogP) is 2.32. The fourth-order valence-electron chi connectivity index (χ4n) is 1.41. The first kappa shape index (κ1) is 11.4. The lowest BCUT2D eigenvalue weighted by molar-refractivity contribution is 0.507. The Balaban J connectivity index is 0.000000461. The van der Waals surface area contributed by atoms with Crippen molar-refractivity contribution >= 4 is 11.0 Å². The first-order chi connectivity index (χ1) is 6.77. The average molecular weight is 211 g/mol. The SMILES string of the molecule is CC.CN1Cc2ccccc2CS1=O. The van der Waals surface area contributed by atoms with Crippen molar-refractivity contribution in [1.82, 2.24) is 4.31 Å². The van der Waals surface area contributed by atoms with Crippen molar-refractivity contribution in [3.05, 3.63) is 35.4 Å². The second-order valence-corrected chi connectivity index (χ2v) is 4.58. The molecule has 2 nitrogen and oxygen atoms in total. The topological polar surface area (TPSA) is 20.3 Å². The number of rotatable bonds is 0. The summed E-state index contributed by atoms with van der Waals surface area (Å²) in [5, 5.41) is 0. The van der Waals surface area contributed by atoms with Gasteiger partial charge in [-0.2, -0.15) is 0 Å². The summed E-state index contributed by atoms with van der Waals surface area (Å²) in [5.74, 6) is 0.673. The number of hydrogen-bond acceptors (Lipinski definition) is 1. The van der Waals surface area contributed by atoms with Gasteiger partial charge < -0.3 is 0 Å². The van der Waals surface area contributed by atoms with Crippen LogP contribution in [0.15, 0.2) is 24.3 Å². The van der Waals surface area contributed by atoms with Gasteiger partial charge >= 0.3 is 0 Å². The van der Waals surface area contributed by atoms with Crippen LogP contribution in [0.25, 0.3) is 0 Å². The molecule has 0 saturated carbocycles. The van der Waals surface area contributed by atoms with Crippen LogP contribution < -0.4 is 0 Å². The molecule has 1 aromatic carbocycles. The van der Waals surface area contributed by atoms with E-state index in [2.05, 4.69) is 12.1 Å². The summed E-state index contributed by atoms with van der Waals surface area (Å²) >= 11 is 0. The summed E-state index contributed by atoms with van der Waals surface area (Å²) in [6.45, 7) is 4.81. The maximum atomic E-state index is 11.4. The minimum atomic E-state index is -0.813. The van der Waals surface area contributed by atoms with Crippen LogP contribution in [-0.2, 0) is 23.3 Å². The fourth-order valence-corrected chi connectivity index (χ4v) is 2.46. The molecular formula is C11H17NOS. The second-order valence-electron chi connectivity index (χ2n) is 3.02. The minimum Gasteiger partial charge on any atom is -0.242 e. The third-order valence-corrected chi connectivity index (χ3v) is 3.52. The van der Waals surface area contributed by atoms with Crippen molar-refractivity contribution in [2.24, 2.45) is 0 Å². The highest BCUT2D eigenvalue weighted by Crippen LogP contribution is 2.19. The summed E-state index contributed by atoms with van der Waals surface area (Å²) < 4.78 is 13.3. The summed E-state index contributed by atoms with van der Waals surface area (Å²) in [6, 6.07) is 8.19. The lowest BCUT2D eigenvalue weighted by Crippen LogP contribution is -2.27. The predicted molar refractivity (Wildman–Crippen MR) is 61.1 cm³/mol. The Kier molecular flexibility index (Phi) is 4.29. The highest BCUT2D eigenvalue weighted by Gasteiger charge is 2.17. The summed E-state index contributed by atoms with van der Waals surface area (Å²) in [4.78, 5) is 0. The maximum absolute atomic E-state index is 11.4. The van der Waals surface area contributed by atoms with Gasteiger partial charge in [0, 0.05) is 13.6 Å². The molecule has 0 fully saturated rings. The largest absolute Gasteiger partial charge is 0.242 e. The Bertz CT molecular complexity index is 325. The van der Waals surface area contributed by atoms with Gasteiger partial charge in [0.05, 0.1) is 16.7 Å². The zero-order valence-electron chi connectivity index (χ0n) is 8.99. The van der Waals surface area contributed by atoms with Crippen molar-refractivity contribution in [2.75, 3.05) is 7.05 Å². The quantitative estimate of drug-likeness (QED) is 0.645. The molecule has 1 aromatic rings. The molecule has 0 aliphatic carbocycles. The molecule has 1 unspecified atom stereocenters. The average Bonchev–Trinajstić information content (AvgIpc) is 2.23. The first-order valence-corrected chi connectivity index (χ1v) is 6.21. The maximum Gasteiger partial charge on any atom is 0.0988 e. The van der Waals surface area contributed by atoms with Gasteiger partial charge in [-0.05, 0) is 11.1 Å². The Labute approximate surface area is 88.5 Å². The highest BCUT2D eigenvalue weighted by molar-refractivity contribution is 7.81. The van der Waals surface area contributed by atoms with E-state index < -0.39 is 11.0 Å². The van der Waals surface area contributed by atoms with Crippen molar-refractivity contribution in [1.29, 1.82) is 0 Å². The Morgan fingerprint density at radius 1 is 1.21 bits per heavy atom. The van der Waals surface area contributed by atoms with Crippen LogP contribution in [0, 0.1) is 0 Å². The fraction of sp³-hybridized carbons (Fsp3) is 0.455. The lowest BCUT2D eigenvalue weighted by atomic mass is 10.1. The standard InChI is InChI=1S/C9H11NOS.C2H6/c1-10-6-8-4-2-3-5-9(8)7-12(10)11;1-2/h2-5H,6-7H2,1H3;1-2H3. The van der Waals surface area contributed by atoms with Crippen molar-refractivity contribution in [3.8, 4) is 0 Å². The Morgan fingerprint density at radius 3 is 2.43 bits per heavy atom. The van der Waals surface area contributed by atoms with Crippen LogP contribution in [-0.4, -0.2) is 15.6 Å². The van der Waals surface area contributed by atoms with Gasteiger partial charge in [-0.3, -0.25) is 0 Å². The van der Waals surface area contributed by atoms with Gasteiger partial charge in [0.25, 0.3) is 0 Å². The molecule has 14 heavy (non-hydrogen) atoms. The van der Waals surface area contributed by atoms with Crippen molar-refractivity contribution in [3.63, 3.8) is 0 Å². The summed E-state index contributed by atoms with van der Waals surface area (Å²) in [7, 11) is 1.08. The molecule has 1 aliphatic heterocycles. The van der Waals surface area contributed by atoms with E-state index in [4.69, 9.17) is 0 Å². The van der Waals surface area contributed by atoms with Gasteiger partial charge in [-0.1, -0.05) is 38.1 Å². The minimum absolute atomic E-state index is 0.673. The molecule has 1 heterocycles. The third-order valence-electron chi connectivity index (χ3n) is 2.14. The van der Waals surface area contributed by atoms with Crippen LogP contribution in [0.5, 0.6) is 0 Å². The van der Waals surface area contributed by atoms with Gasteiger partial charge in [0.1, 0.15) is 0 Å². The smallest absolute Gasteiger partial charge is 0.0988 e. The Hall–Kier alpha value is -0.670. The van der Waals surface area contributed by atoms with Crippen LogP contribution in [0.2, 0.25) is 0 Å². The van der Waals surface area contributed by atoms with E-state index in [1.165, 1.54) is 11.1 Å². The molecule has 0 aromatic heterocycles. The molecular weight excluding hydrogens is 194 g/mol.